The van der Waals surface area contributed by atoms with Crippen LogP contribution in [0.4, 0.5) is 4.39 Å². The second-order valence-corrected chi connectivity index (χ2v) is 4.96. The minimum atomic E-state index is -0.792. The summed E-state index contributed by atoms with van der Waals surface area (Å²) < 4.78 is 18.1. The molecule has 104 valence electrons. The lowest BCUT2D eigenvalue weighted by Gasteiger charge is -2.22. The van der Waals surface area contributed by atoms with Gasteiger partial charge in [0.05, 0.1) is 12.7 Å². The highest BCUT2D eigenvalue weighted by molar-refractivity contribution is 5.94. The molecule has 0 saturated heterocycles. The van der Waals surface area contributed by atoms with E-state index in [-0.39, 0.29) is 18.2 Å². The van der Waals surface area contributed by atoms with E-state index in [0.29, 0.717) is 18.4 Å². The van der Waals surface area contributed by atoms with Crippen molar-refractivity contribution < 1.29 is 19.0 Å². The van der Waals surface area contributed by atoms with Crippen LogP contribution >= 0.6 is 0 Å². The Hall–Kier alpha value is -1.62. The number of nitrogens with one attached hydrogen (secondary N) is 1. The van der Waals surface area contributed by atoms with Crippen LogP contribution in [0.1, 0.15) is 36.0 Å². The molecule has 2 N–H and O–H groups in total. The quantitative estimate of drug-likeness (QED) is 0.875. The number of benzene rings is 1. The van der Waals surface area contributed by atoms with Gasteiger partial charge in [-0.25, -0.2) is 4.39 Å². The number of methoxy groups -OCH3 is 1. The summed E-state index contributed by atoms with van der Waals surface area (Å²) >= 11 is 0. The van der Waals surface area contributed by atoms with E-state index < -0.39 is 11.4 Å². The van der Waals surface area contributed by atoms with Crippen molar-refractivity contribution in [2.45, 2.75) is 31.3 Å². The van der Waals surface area contributed by atoms with Crippen LogP contribution in [0.3, 0.4) is 0 Å². The maximum atomic E-state index is 13.2. The molecule has 1 aliphatic rings. The summed E-state index contributed by atoms with van der Waals surface area (Å²) in [4.78, 5) is 11.9. The van der Waals surface area contributed by atoms with Crippen molar-refractivity contribution in [3.63, 3.8) is 0 Å². The van der Waals surface area contributed by atoms with E-state index in [2.05, 4.69) is 5.32 Å². The summed E-state index contributed by atoms with van der Waals surface area (Å²) in [5.41, 5.74) is -0.473. The average Bonchev–Trinajstić information content (AvgIpc) is 2.84. The molecule has 1 aliphatic carbocycles. The van der Waals surface area contributed by atoms with Gasteiger partial charge in [-0.05, 0) is 31.0 Å². The van der Waals surface area contributed by atoms with Gasteiger partial charge in [0.1, 0.15) is 0 Å². The minimum absolute atomic E-state index is 0.0345. The molecule has 1 aromatic carbocycles. The Labute approximate surface area is 111 Å². The molecule has 19 heavy (non-hydrogen) atoms. The van der Waals surface area contributed by atoms with Crippen LogP contribution in [0.25, 0.3) is 0 Å². The Morgan fingerprint density at radius 1 is 1.47 bits per heavy atom. The highest BCUT2D eigenvalue weighted by Crippen LogP contribution is 2.28. The van der Waals surface area contributed by atoms with Gasteiger partial charge < -0.3 is 15.2 Å². The lowest BCUT2D eigenvalue weighted by Crippen LogP contribution is -2.40. The zero-order chi connectivity index (χ0) is 13.9. The molecule has 0 spiro atoms. The first-order valence-electron chi connectivity index (χ1n) is 6.38. The van der Waals surface area contributed by atoms with E-state index >= 15 is 0 Å². The van der Waals surface area contributed by atoms with Crippen molar-refractivity contribution >= 4 is 5.91 Å². The highest BCUT2D eigenvalue weighted by Gasteiger charge is 2.31. The Bertz CT molecular complexity index is 470. The maximum Gasteiger partial charge on any atom is 0.251 e. The summed E-state index contributed by atoms with van der Waals surface area (Å²) in [5.74, 6) is -0.806. The molecule has 0 unspecified atom stereocenters. The number of hydrogen-bond acceptors (Lipinski definition) is 3. The zero-order valence-corrected chi connectivity index (χ0v) is 10.9. The molecule has 1 saturated carbocycles. The topological polar surface area (TPSA) is 58.6 Å². The van der Waals surface area contributed by atoms with E-state index in [1.165, 1.54) is 25.3 Å². The normalized spacial score (nSPS) is 17.2. The number of carbonyl (C=O) groups excluding carboxylic acids is 1. The molecule has 0 heterocycles. The number of rotatable bonds is 4. The molecule has 4 nitrogen and oxygen atoms in total. The van der Waals surface area contributed by atoms with Crippen LogP contribution < -0.4 is 10.1 Å². The Kier molecular flexibility index (Phi) is 4.04. The smallest absolute Gasteiger partial charge is 0.251 e. The molecule has 0 bridgehead atoms. The van der Waals surface area contributed by atoms with E-state index in [0.717, 1.165) is 12.8 Å². The third-order valence-corrected chi connectivity index (χ3v) is 3.53. The number of aliphatic hydroxyl groups is 1. The van der Waals surface area contributed by atoms with Crippen molar-refractivity contribution in [1.82, 2.24) is 5.32 Å². The van der Waals surface area contributed by atoms with Gasteiger partial charge >= 0.3 is 0 Å². The fourth-order valence-corrected chi connectivity index (χ4v) is 2.36. The molecule has 1 fully saturated rings. The number of ether oxygens (including phenoxy) is 1. The van der Waals surface area contributed by atoms with Gasteiger partial charge in [0.15, 0.2) is 11.6 Å². The van der Waals surface area contributed by atoms with Gasteiger partial charge in [-0.15, -0.1) is 0 Å². The summed E-state index contributed by atoms with van der Waals surface area (Å²) in [6.45, 7) is 0.228. The zero-order valence-electron chi connectivity index (χ0n) is 10.9. The molecule has 0 aliphatic heterocycles. The van der Waals surface area contributed by atoms with Gasteiger partial charge in [0.25, 0.3) is 5.91 Å². The molecule has 2 rings (SSSR count). The predicted molar refractivity (Wildman–Crippen MR) is 68.7 cm³/mol. The first kappa shape index (κ1) is 13.8. The Morgan fingerprint density at radius 3 is 2.79 bits per heavy atom. The predicted octanol–water partition coefficient (Wildman–Crippen LogP) is 1.87. The fourth-order valence-electron chi connectivity index (χ4n) is 2.36. The van der Waals surface area contributed by atoms with E-state index in [9.17, 15) is 14.3 Å². The minimum Gasteiger partial charge on any atom is -0.494 e. The van der Waals surface area contributed by atoms with E-state index in [1.807, 2.05) is 0 Å². The first-order valence-corrected chi connectivity index (χ1v) is 6.38. The molecule has 0 atom stereocenters. The molecular formula is C14H18FNO3. The Balaban J connectivity index is 1.99. The molecule has 1 amide bonds. The van der Waals surface area contributed by atoms with Crippen molar-refractivity contribution in [2.24, 2.45) is 0 Å². The lowest BCUT2D eigenvalue weighted by molar-refractivity contribution is 0.0449. The lowest BCUT2D eigenvalue weighted by atomic mass is 10.0. The molecule has 5 heteroatoms. The monoisotopic (exact) mass is 267 g/mol. The summed E-state index contributed by atoms with van der Waals surface area (Å²) in [7, 11) is 1.35. The number of amides is 1. The SMILES string of the molecule is COc1cc(C(=O)NCC2(O)CCCC2)ccc1F. The van der Waals surface area contributed by atoms with Gasteiger partial charge in [-0.3, -0.25) is 4.79 Å². The van der Waals surface area contributed by atoms with Crippen molar-refractivity contribution in [3.8, 4) is 5.75 Å². The van der Waals surface area contributed by atoms with Crippen molar-refractivity contribution in [3.05, 3.63) is 29.6 Å². The van der Waals surface area contributed by atoms with Crippen LogP contribution in [0, 0.1) is 5.82 Å². The highest BCUT2D eigenvalue weighted by atomic mass is 19.1. The third kappa shape index (κ3) is 3.23. The summed E-state index contributed by atoms with van der Waals surface area (Å²) in [6, 6.07) is 3.94. The maximum absolute atomic E-state index is 13.2. The standard InChI is InChI=1S/C14H18FNO3/c1-19-12-8-10(4-5-11(12)15)13(17)16-9-14(18)6-2-3-7-14/h4-5,8,18H,2-3,6-7,9H2,1H3,(H,16,17). The van der Waals surface area contributed by atoms with Crippen molar-refractivity contribution in [1.29, 1.82) is 0 Å². The molecular weight excluding hydrogens is 249 g/mol. The van der Waals surface area contributed by atoms with Crippen LogP contribution in [-0.4, -0.2) is 30.3 Å². The van der Waals surface area contributed by atoms with Crippen LogP contribution in [0.15, 0.2) is 18.2 Å². The second kappa shape index (κ2) is 5.57. The average molecular weight is 267 g/mol. The largest absolute Gasteiger partial charge is 0.494 e. The van der Waals surface area contributed by atoms with Gasteiger partial charge in [-0.1, -0.05) is 12.8 Å². The van der Waals surface area contributed by atoms with Gasteiger partial charge in [-0.2, -0.15) is 0 Å². The van der Waals surface area contributed by atoms with Crippen molar-refractivity contribution in [2.75, 3.05) is 13.7 Å². The van der Waals surface area contributed by atoms with Crippen LogP contribution in [0.5, 0.6) is 5.75 Å². The first-order chi connectivity index (χ1) is 9.04. The van der Waals surface area contributed by atoms with E-state index in [1.54, 1.807) is 0 Å². The Morgan fingerprint density at radius 2 is 2.16 bits per heavy atom. The summed E-state index contributed by atoms with van der Waals surface area (Å²) in [5, 5.41) is 12.8. The van der Waals surface area contributed by atoms with Crippen LogP contribution in [0.2, 0.25) is 0 Å². The van der Waals surface area contributed by atoms with Gasteiger partial charge in [0.2, 0.25) is 0 Å². The third-order valence-electron chi connectivity index (χ3n) is 3.53. The molecule has 1 aromatic rings. The second-order valence-electron chi connectivity index (χ2n) is 4.96. The summed E-state index contributed by atoms with van der Waals surface area (Å²) in [6.07, 6.45) is 3.38. The fraction of sp³-hybridized carbons (Fsp3) is 0.500. The molecule has 0 radical (unpaired) electrons. The van der Waals surface area contributed by atoms with Gasteiger partial charge in [0, 0.05) is 12.1 Å². The molecule has 0 aromatic heterocycles. The number of carbonyl (C=O) groups is 1. The van der Waals surface area contributed by atoms with E-state index in [4.69, 9.17) is 4.74 Å². The number of halogens is 1. The van der Waals surface area contributed by atoms with Crippen LogP contribution in [-0.2, 0) is 0 Å². The number of hydrogen-bond donors (Lipinski definition) is 2.